The van der Waals surface area contributed by atoms with E-state index >= 15 is 0 Å². The van der Waals surface area contributed by atoms with Gasteiger partial charge in [0.2, 0.25) is 0 Å². The van der Waals surface area contributed by atoms with Crippen LogP contribution < -0.4 is 9.64 Å². The number of nitrogens with one attached hydrogen (secondary N) is 1. The summed E-state index contributed by atoms with van der Waals surface area (Å²) in [6.07, 6.45) is 0.751. The Morgan fingerprint density at radius 2 is 2.04 bits per heavy atom. The van der Waals surface area contributed by atoms with Gasteiger partial charge in [-0.2, -0.15) is 0 Å². The molecule has 1 amide bonds. The third-order valence-electron chi connectivity index (χ3n) is 4.82. The first kappa shape index (κ1) is 16.3. The molecule has 1 N–H and O–H groups in total. The van der Waals surface area contributed by atoms with Gasteiger partial charge in [-0.25, -0.2) is 8.42 Å². The molecule has 2 saturated heterocycles. The lowest BCUT2D eigenvalue weighted by Crippen LogP contribution is -3.18. The Balaban J connectivity index is 1.59. The van der Waals surface area contributed by atoms with Crippen LogP contribution in [0.3, 0.4) is 0 Å². The van der Waals surface area contributed by atoms with Gasteiger partial charge in [0.1, 0.15) is 17.5 Å². The molecule has 2 aliphatic heterocycles. The van der Waals surface area contributed by atoms with E-state index in [0.29, 0.717) is 35.9 Å². The number of nitrogens with zero attached hydrogens (tertiary/aromatic N) is 1. The van der Waals surface area contributed by atoms with Crippen LogP contribution in [0.15, 0.2) is 24.3 Å². The standard InChI is InChI=1S/C16H22N2O4S/c1-22-15-4-2-3-13(11-15)16(19)18-8-6-17(7-9-18)14-5-10-23(20,21)12-14/h2-4,11,14H,5-10,12H2,1H3/p+1/t14-/m0/s1. The molecule has 0 spiro atoms. The predicted molar refractivity (Wildman–Crippen MR) is 86.7 cm³/mol. The van der Waals surface area contributed by atoms with Crippen molar-refractivity contribution in [3.8, 4) is 5.75 Å². The minimum absolute atomic E-state index is 0.0157. The molecular formula is C16H23N2O4S+. The zero-order valence-electron chi connectivity index (χ0n) is 13.3. The Hall–Kier alpha value is -1.60. The molecule has 0 radical (unpaired) electrons. The van der Waals surface area contributed by atoms with Gasteiger partial charge in [0.05, 0.1) is 39.0 Å². The van der Waals surface area contributed by atoms with Gasteiger partial charge in [-0.15, -0.1) is 0 Å². The highest BCUT2D eigenvalue weighted by molar-refractivity contribution is 7.91. The molecule has 0 bridgehead atoms. The zero-order chi connectivity index (χ0) is 16.4. The highest BCUT2D eigenvalue weighted by Crippen LogP contribution is 2.15. The molecule has 2 aliphatic rings. The molecule has 1 aromatic carbocycles. The second kappa shape index (κ2) is 6.49. The molecule has 0 unspecified atom stereocenters. The van der Waals surface area contributed by atoms with E-state index in [2.05, 4.69) is 0 Å². The largest absolute Gasteiger partial charge is 0.497 e. The summed E-state index contributed by atoms with van der Waals surface area (Å²) in [5.74, 6) is 1.30. The third kappa shape index (κ3) is 3.67. The van der Waals surface area contributed by atoms with Crippen LogP contribution in [0.2, 0.25) is 0 Å². The van der Waals surface area contributed by atoms with E-state index in [1.807, 2.05) is 17.0 Å². The minimum atomic E-state index is -2.84. The first-order chi connectivity index (χ1) is 11.0. The molecule has 2 heterocycles. The minimum Gasteiger partial charge on any atom is -0.497 e. The van der Waals surface area contributed by atoms with Crippen molar-refractivity contribution in [2.75, 3.05) is 44.8 Å². The van der Waals surface area contributed by atoms with Crippen molar-refractivity contribution in [3.05, 3.63) is 29.8 Å². The maximum atomic E-state index is 12.6. The fraction of sp³-hybridized carbons (Fsp3) is 0.562. The van der Waals surface area contributed by atoms with Crippen molar-refractivity contribution in [1.82, 2.24) is 4.90 Å². The molecule has 23 heavy (non-hydrogen) atoms. The maximum Gasteiger partial charge on any atom is 0.254 e. The number of hydrogen-bond acceptors (Lipinski definition) is 4. The number of quaternary nitrogens is 1. The SMILES string of the molecule is COc1cccc(C(=O)N2CC[NH+]([C@H]3CCS(=O)(=O)C3)CC2)c1. The normalized spacial score (nSPS) is 24.6. The monoisotopic (exact) mass is 339 g/mol. The van der Waals surface area contributed by atoms with E-state index < -0.39 is 9.84 Å². The summed E-state index contributed by atoms with van der Waals surface area (Å²) in [6.45, 7) is 2.97. The van der Waals surface area contributed by atoms with Gasteiger partial charge in [-0.1, -0.05) is 6.07 Å². The Morgan fingerprint density at radius 1 is 1.30 bits per heavy atom. The van der Waals surface area contributed by atoms with Crippen molar-refractivity contribution in [2.24, 2.45) is 0 Å². The number of hydrogen-bond donors (Lipinski definition) is 1. The zero-order valence-corrected chi connectivity index (χ0v) is 14.1. The summed E-state index contributed by atoms with van der Waals surface area (Å²) in [5, 5.41) is 0. The van der Waals surface area contributed by atoms with Crippen LogP contribution in [0.5, 0.6) is 5.75 Å². The van der Waals surface area contributed by atoms with E-state index in [9.17, 15) is 13.2 Å². The molecule has 2 fully saturated rings. The summed E-state index contributed by atoms with van der Waals surface area (Å²) >= 11 is 0. The molecule has 0 saturated carbocycles. The van der Waals surface area contributed by atoms with Gasteiger partial charge in [0, 0.05) is 12.0 Å². The van der Waals surface area contributed by atoms with E-state index in [-0.39, 0.29) is 11.9 Å². The summed E-state index contributed by atoms with van der Waals surface area (Å²) in [4.78, 5) is 15.7. The Morgan fingerprint density at radius 3 is 2.65 bits per heavy atom. The van der Waals surface area contributed by atoms with Gasteiger partial charge in [0.15, 0.2) is 9.84 Å². The van der Waals surface area contributed by atoms with Crippen LogP contribution in [0.4, 0.5) is 0 Å². The fourth-order valence-corrected chi connectivity index (χ4v) is 5.29. The molecule has 7 heteroatoms. The summed E-state index contributed by atoms with van der Waals surface area (Å²) < 4.78 is 28.4. The van der Waals surface area contributed by atoms with E-state index in [0.717, 1.165) is 19.5 Å². The number of carbonyl (C=O) groups excluding carboxylic acids is 1. The number of rotatable bonds is 3. The van der Waals surface area contributed by atoms with Crippen LogP contribution in [-0.2, 0) is 9.84 Å². The van der Waals surface area contributed by atoms with Gasteiger partial charge in [-0.05, 0) is 18.2 Å². The maximum absolute atomic E-state index is 12.6. The molecule has 0 aliphatic carbocycles. The highest BCUT2D eigenvalue weighted by Gasteiger charge is 2.37. The predicted octanol–water partition coefficient (Wildman–Crippen LogP) is -0.777. The molecule has 1 atom stereocenters. The topological polar surface area (TPSA) is 68.1 Å². The summed E-state index contributed by atoms with van der Waals surface area (Å²) in [7, 11) is -1.26. The van der Waals surface area contributed by atoms with E-state index in [1.165, 1.54) is 4.90 Å². The molecule has 3 rings (SSSR count). The van der Waals surface area contributed by atoms with Crippen molar-refractivity contribution >= 4 is 15.7 Å². The molecular weight excluding hydrogens is 316 g/mol. The number of amides is 1. The average Bonchev–Trinajstić information content (AvgIpc) is 2.94. The summed E-state index contributed by atoms with van der Waals surface area (Å²) in [6, 6.07) is 7.39. The molecule has 126 valence electrons. The number of ether oxygens (including phenoxy) is 1. The van der Waals surface area contributed by atoms with Crippen LogP contribution in [0, 0.1) is 0 Å². The molecule has 0 aromatic heterocycles. The highest BCUT2D eigenvalue weighted by atomic mass is 32.2. The van der Waals surface area contributed by atoms with Gasteiger partial charge < -0.3 is 14.5 Å². The number of sulfone groups is 1. The van der Waals surface area contributed by atoms with E-state index in [1.54, 1.807) is 19.2 Å². The number of methoxy groups -OCH3 is 1. The van der Waals surface area contributed by atoms with Crippen LogP contribution >= 0.6 is 0 Å². The lowest BCUT2D eigenvalue weighted by molar-refractivity contribution is -0.925. The van der Waals surface area contributed by atoms with Crippen molar-refractivity contribution in [2.45, 2.75) is 12.5 Å². The smallest absolute Gasteiger partial charge is 0.254 e. The van der Waals surface area contributed by atoms with Gasteiger partial charge in [0.25, 0.3) is 5.91 Å². The Bertz CT molecular complexity index is 681. The lowest BCUT2D eigenvalue weighted by atomic mass is 10.1. The fourth-order valence-electron chi connectivity index (χ4n) is 3.46. The van der Waals surface area contributed by atoms with Crippen molar-refractivity contribution in [3.63, 3.8) is 0 Å². The number of carbonyl (C=O) groups is 1. The molecule has 6 nitrogen and oxygen atoms in total. The Labute approximate surface area is 136 Å². The van der Waals surface area contributed by atoms with Crippen LogP contribution in [0.1, 0.15) is 16.8 Å². The quantitative estimate of drug-likeness (QED) is 0.785. The van der Waals surface area contributed by atoms with Crippen LogP contribution in [0.25, 0.3) is 0 Å². The van der Waals surface area contributed by atoms with Crippen molar-refractivity contribution < 1.29 is 22.8 Å². The number of piperazine rings is 1. The third-order valence-corrected chi connectivity index (χ3v) is 6.59. The first-order valence-corrected chi connectivity index (χ1v) is 9.79. The second-order valence-electron chi connectivity index (χ2n) is 6.28. The van der Waals surface area contributed by atoms with Crippen LogP contribution in [-0.4, -0.2) is 70.1 Å². The van der Waals surface area contributed by atoms with Crippen molar-refractivity contribution in [1.29, 1.82) is 0 Å². The average molecular weight is 339 g/mol. The number of benzene rings is 1. The van der Waals surface area contributed by atoms with Gasteiger partial charge in [-0.3, -0.25) is 4.79 Å². The van der Waals surface area contributed by atoms with Gasteiger partial charge >= 0.3 is 0 Å². The Kier molecular flexibility index (Phi) is 4.59. The molecule has 1 aromatic rings. The first-order valence-electron chi connectivity index (χ1n) is 7.97. The van der Waals surface area contributed by atoms with E-state index in [4.69, 9.17) is 4.74 Å². The lowest BCUT2D eigenvalue weighted by Gasteiger charge is -2.35. The second-order valence-corrected chi connectivity index (χ2v) is 8.51. The summed E-state index contributed by atoms with van der Waals surface area (Å²) in [5.41, 5.74) is 0.635.